The molecule has 1 aromatic carbocycles. The van der Waals surface area contributed by atoms with Gasteiger partial charge in [0, 0.05) is 7.05 Å². The minimum Gasteiger partial charge on any atom is -0.356 e. The molecule has 8 heteroatoms. The van der Waals surface area contributed by atoms with Crippen LogP contribution in [0.5, 0.6) is 0 Å². The molecular formula is C16H18N4O3S. The first-order valence-electron chi connectivity index (χ1n) is 7.50. The van der Waals surface area contributed by atoms with Crippen molar-refractivity contribution in [1.29, 1.82) is 0 Å². The zero-order valence-corrected chi connectivity index (χ0v) is 14.5. The molecule has 0 radical (unpaired) electrons. The van der Waals surface area contributed by atoms with Gasteiger partial charge in [0.05, 0.1) is 6.04 Å². The van der Waals surface area contributed by atoms with Gasteiger partial charge in [-0.3, -0.25) is 14.9 Å². The summed E-state index contributed by atoms with van der Waals surface area (Å²) in [5, 5.41) is 11.7. The smallest absolute Gasteiger partial charge is 0.257 e. The zero-order valence-electron chi connectivity index (χ0n) is 13.6. The molecule has 126 valence electrons. The minimum absolute atomic E-state index is 0.119. The number of likely N-dealkylation sites (N-methyl/N-ethyl adjacent to an activating group) is 1. The normalized spacial score (nSPS) is 21.0. The molecule has 0 saturated carbocycles. The second-order valence-corrected chi connectivity index (χ2v) is 6.89. The van der Waals surface area contributed by atoms with E-state index in [1.807, 2.05) is 38.1 Å². The summed E-state index contributed by atoms with van der Waals surface area (Å²) in [7, 11) is 1.69. The second kappa shape index (κ2) is 6.66. The van der Waals surface area contributed by atoms with E-state index in [2.05, 4.69) is 15.5 Å². The standard InChI is InChI=1S/C16H18N4O3S/c1-9-4-6-11(7-5-9)13-14(23-8-12(21)20(13)3)15(22)17-16-19-18-10(2)24-16/h4-7,13-14H,8H2,1-3H3,(H,17,19,22)/t13-,14+/m0/s1. The van der Waals surface area contributed by atoms with Gasteiger partial charge in [0.2, 0.25) is 11.0 Å². The summed E-state index contributed by atoms with van der Waals surface area (Å²) in [4.78, 5) is 26.2. The predicted molar refractivity (Wildman–Crippen MR) is 89.7 cm³/mol. The summed E-state index contributed by atoms with van der Waals surface area (Å²) in [6, 6.07) is 7.24. The van der Waals surface area contributed by atoms with E-state index in [4.69, 9.17) is 4.74 Å². The third kappa shape index (κ3) is 3.29. The summed E-state index contributed by atoms with van der Waals surface area (Å²) in [6.45, 7) is 3.68. The molecule has 1 saturated heterocycles. The van der Waals surface area contributed by atoms with Crippen molar-refractivity contribution in [3.8, 4) is 0 Å². The molecule has 1 aliphatic rings. The van der Waals surface area contributed by atoms with E-state index in [1.54, 1.807) is 11.9 Å². The van der Waals surface area contributed by atoms with Crippen molar-refractivity contribution in [3.63, 3.8) is 0 Å². The number of nitrogens with one attached hydrogen (secondary N) is 1. The lowest BCUT2D eigenvalue weighted by atomic mass is 9.97. The fourth-order valence-corrected chi connectivity index (χ4v) is 3.21. The molecule has 0 bridgehead atoms. The Hall–Kier alpha value is -2.32. The van der Waals surface area contributed by atoms with Crippen molar-refractivity contribution in [2.45, 2.75) is 26.0 Å². The number of hydrogen-bond donors (Lipinski definition) is 1. The van der Waals surface area contributed by atoms with Gasteiger partial charge in [-0.25, -0.2) is 0 Å². The number of ether oxygens (including phenoxy) is 1. The average Bonchev–Trinajstić information content (AvgIpc) is 2.96. The maximum absolute atomic E-state index is 12.6. The van der Waals surface area contributed by atoms with Gasteiger partial charge < -0.3 is 9.64 Å². The van der Waals surface area contributed by atoms with Crippen LogP contribution in [-0.4, -0.2) is 46.7 Å². The molecule has 2 amide bonds. The molecule has 1 fully saturated rings. The number of carbonyl (C=O) groups is 2. The van der Waals surface area contributed by atoms with E-state index < -0.39 is 12.1 Å². The van der Waals surface area contributed by atoms with Gasteiger partial charge in [-0.1, -0.05) is 41.2 Å². The Morgan fingerprint density at radius 1 is 1.29 bits per heavy atom. The fraction of sp³-hybridized carbons (Fsp3) is 0.375. The summed E-state index contributed by atoms with van der Waals surface area (Å²) in [5.41, 5.74) is 1.96. The Kier molecular flexibility index (Phi) is 4.59. The molecule has 3 rings (SSSR count). The van der Waals surface area contributed by atoms with Crippen LogP contribution in [0, 0.1) is 13.8 Å². The van der Waals surface area contributed by atoms with Crippen LogP contribution in [0.25, 0.3) is 0 Å². The maximum Gasteiger partial charge on any atom is 0.257 e. The highest BCUT2D eigenvalue weighted by Gasteiger charge is 2.40. The Morgan fingerprint density at radius 2 is 2.00 bits per heavy atom. The van der Waals surface area contributed by atoms with Gasteiger partial charge in [-0.2, -0.15) is 0 Å². The van der Waals surface area contributed by atoms with Gasteiger partial charge in [-0.15, -0.1) is 10.2 Å². The Balaban J connectivity index is 1.86. The topological polar surface area (TPSA) is 84.4 Å². The lowest BCUT2D eigenvalue weighted by Crippen LogP contribution is -2.51. The number of aromatic nitrogens is 2. The van der Waals surface area contributed by atoms with Gasteiger partial charge >= 0.3 is 0 Å². The first kappa shape index (κ1) is 16.5. The van der Waals surface area contributed by atoms with Crippen LogP contribution in [0.1, 0.15) is 22.2 Å². The van der Waals surface area contributed by atoms with E-state index in [0.717, 1.165) is 16.1 Å². The largest absolute Gasteiger partial charge is 0.356 e. The Bertz CT molecular complexity index is 759. The number of hydrogen-bond acceptors (Lipinski definition) is 6. The van der Waals surface area contributed by atoms with Crippen LogP contribution in [0.3, 0.4) is 0 Å². The maximum atomic E-state index is 12.6. The summed E-state index contributed by atoms with van der Waals surface area (Å²) in [6.07, 6.45) is -0.806. The van der Waals surface area contributed by atoms with E-state index in [0.29, 0.717) is 5.13 Å². The molecule has 2 aromatic rings. The summed E-state index contributed by atoms with van der Waals surface area (Å²) >= 11 is 1.29. The second-order valence-electron chi connectivity index (χ2n) is 5.71. The first-order chi connectivity index (χ1) is 11.5. The highest BCUT2D eigenvalue weighted by molar-refractivity contribution is 7.15. The molecule has 1 aliphatic heterocycles. The van der Waals surface area contributed by atoms with Crippen molar-refractivity contribution < 1.29 is 14.3 Å². The summed E-state index contributed by atoms with van der Waals surface area (Å²) < 4.78 is 5.55. The number of morpholine rings is 1. The highest BCUT2D eigenvalue weighted by Crippen LogP contribution is 2.30. The molecular weight excluding hydrogens is 328 g/mol. The van der Waals surface area contributed by atoms with Crippen LogP contribution in [0.15, 0.2) is 24.3 Å². The molecule has 0 aliphatic carbocycles. The monoisotopic (exact) mass is 346 g/mol. The lowest BCUT2D eigenvalue weighted by molar-refractivity contribution is -0.160. The quantitative estimate of drug-likeness (QED) is 0.914. The molecule has 2 heterocycles. The van der Waals surface area contributed by atoms with Crippen molar-refractivity contribution in [1.82, 2.24) is 15.1 Å². The van der Waals surface area contributed by atoms with Crippen LogP contribution < -0.4 is 5.32 Å². The van der Waals surface area contributed by atoms with Crippen LogP contribution in [0.4, 0.5) is 5.13 Å². The van der Waals surface area contributed by atoms with E-state index in [9.17, 15) is 9.59 Å². The van der Waals surface area contributed by atoms with Gasteiger partial charge in [0.25, 0.3) is 5.91 Å². The molecule has 1 aromatic heterocycles. The zero-order chi connectivity index (χ0) is 17.3. The summed E-state index contributed by atoms with van der Waals surface area (Å²) in [5.74, 6) is -0.493. The number of aryl methyl sites for hydroxylation is 2. The van der Waals surface area contributed by atoms with Crippen molar-refractivity contribution in [2.75, 3.05) is 19.0 Å². The van der Waals surface area contributed by atoms with Gasteiger partial charge in [-0.05, 0) is 19.4 Å². The van der Waals surface area contributed by atoms with Crippen molar-refractivity contribution in [2.24, 2.45) is 0 Å². The van der Waals surface area contributed by atoms with Gasteiger partial charge in [0.1, 0.15) is 11.6 Å². The number of rotatable bonds is 3. The minimum atomic E-state index is -0.806. The third-order valence-electron chi connectivity index (χ3n) is 3.92. The predicted octanol–water partition coefficient (Wildman–Crippen LogP) is 1.69. The Morgan fingerprint density at radius 3 is 2.62 bits per heavy atom. The average molecular weight is 346 g/mol. The molecule has 24 heavy (non-hydrogen) atoms. The van der Waals surface area contributed by atoms with E-state index >= 15 is 0 Å². The van der Waals surface area contributed by atoms with E-state index in [-0.39, 0.29) is 18.4 Å². The lowest BCUT2D eigenvalue weighted by Gasteiger charge is -2.38. The van der Waals surface area contributed by atoms with Crippen LogP contribution >= 0.6 is 11.3 Å². The molecule has 7 nitrogen and oxygen atoms in total. The van der Waals surface area contributed by atoms with Gasteiger partial charge in [0.15, 0.2) is 6.10 Å². The van der Waals surface area contributed by atoms with Crippen LogP contribution in [0.2, 0.25) is 0 Å². The number of nitrogens with zero attached hydrogens (tertiary/aromatic N) is 3. The number of amides is 2. The Labute approximate surface area is 143 Å². The number of benzene rings is 1. The van der Waals surface area contributed by atoms with Crippen molar-refractivity contribution in [3.05, 3.63) is 40.4 Å². The number of carbonyl (C=O) groups excluding carboxylic acids is 2. The molecule has 0 spiro atoms. The molecule has 0 unspecified atom stereocenters. The van der Waals surface area contributed by atoms with Crippen LogP contribution in [-0.2, 0) is 14.3 Å². The fourth-order valence-electron chi connectivity index (χ4n) is 2.62. The van der Waals surface area contributed by atoms with Crippen molar-refractivity contribution >= 4 is 28.3 Å². The SMILES string of the molecule is Cc1ccc([C@H]2[C@H](C(=O)Nc3nnc(C)s3)OCC(=O)N2C)cc1. The third-order valence-corrected chi connectivity index (χ3v) is 4.67. The van der Waals surface area contributed by atoms with E-state index in [1.165, 1.54) is 11.3 Å². The molecule has 1 N–H and O–H groups in total. The first-order valence-corrected chi connectivity index (χ1v) is 8.32. The molecule has 2 atom stereocenters. The number of anilines is 1. The highest BCUT2D eigenvalue weighted by atomic mass is 32.1.